The molecule has 0 radical (unpaired) electrons. The lowest BCUT2D eigenvalue weighted by molar-refractivity contribution is 0.000907. The number of ether oxygens (including phenoxy) is 1. The Balaban J connectivity index is 2.12. The van der Waals surface area contributed by atoms with E-state index in [1.807, 2.05) is 0 Å². The predicted molar refractivity (Wildman–Crippen MR) is 55.7 cm³/mol. The largest absolute Gasteiger partial charge is 0.381 e. The van der Waals surface area contributed by atoms with Crippen LogP contribution in [-0.4, -0.2) is 18.5 Å². The second-order valence-electron chi connectivity index (χ2n) is 4.40. The minimum atomic E-state index is 0.495. The van der Waals surface area contributed by atoms with Gasteiger partial charge in [-0.1, -0.05) is 36.2 Å². The van der Waals surface area contributed by atoms with E-state index in [2.05, 4.69) is 29.8 Å². The number of alkyl halides is 1. The summed E-state index contributed by atoms with van der Waals surface area (Å²) in [5.74, 6) is 0.664. The lowest BCUT2D eigenvalue weighted by atomic mass is 9.71. The second kappa shape index (κ2) is 4.61. The van der Waals surface area contributed by atoms with Crippen LogP contribution in [0.3, 0.4) is 0 Å². The van der Waals surface area contributed by atoms with E-state index >= 15 is 0 Å². The molecule has 0 aromatic rings. The average molecular weight is 235 g/mol. The van der Waals surface area contributed by atoms with Crippen molar-refractivity contribution in [2.75, 3.05) is 18.5 Å². The Labute approximate surface area is 84.0 Å². The summed E-state index contributed by atoms with van der Waals surface area (Å²) in [6.07, 6.45) is 4.07. The van der Waals surface area contributed by atoms with Gasteiger partial charge in [-0.2, -0.15) is 0 Å². The maximum Gasteiger partial charge on any atom is 0.0530 e. The Morgan fingerprint density at radius 1 is 1.42 bits per heavy atom. The number of rotatable bonds is 5. The molecule has 0 spiro atoms. The molecule has 0 aromatic heterocycles. The summed E-state index contributed by atoms with van der Waals surface area (Å²) in [7, 11) is 0. The Bertz CT molecular complexity index is 124. The smallest absolute Gasteiger partial charge is 0.0530 e. The van der Waals surface area contributed by atoms with Crippen LogP contribution in [0.2, 0.25) is 0 Å². The number of halogens is 1. The van der Waals surface area contributed by atoms with Gasteiger partial charge in [-0.25, -0.2) is 0 Å². The zero-order valence-corrected chi connectivity index (χ0v) is 9.69. The molecule has 1 aliphatic carbocycles. The van der Waals surface area contributed by atoms with Crippen molar-refractivity contribution >= 4 is 15.9 Å². The third-order valence-corrected chi connectivity index (χ3v) is 3.75. The lowest BCUT2D eigenvalue weighted by Crippen LogP contribution is -2.36. The van der Waals surface area contributed by atoms with Gasteiger partial charge in [0.25, 0.3) is 0 Å². The summed E-state index contributed by atoms with van der Waals surface area (Å²) in [6, 6.07) is 0. The van der Waals surface area contributed by atoms with Crippen molar-refractivity contribution in [2.45, 2.75) is 33.1 Å². The zero-order valence-electron chi connectivity index (χ0n) is 8.11. The highest BCUT2D eigenvalue weighted by molar-refractivity contribution is 9.09. The molecule has 1 rings (SSSR count). The van der Waals surface area contributed by atoms with Crippen LogP contribution in [0.15, 0.2) is 0 Å². The molecule has 0 N–H and O–H groups in total. The molecular formula is C10H19BrO. The monoisotopic (exact) mass is 234 g/mol. The summed E-state index contributed by atoms with van der Waals surface area (Å²) in [4.78, 5) is 0. The summed E-state index contributed by atoms with van der Waals surface area (Å²) in [5, 5.41) is 1.11. The first-order valence-electron chi connectivity index (χ1n) is 4.82. The zero-order chi connectivity index (χ0) is 9.03. The molecular weight excluding hydrogens is 216 g/mol. The van der Waals surface area contributed by atoms with Crippen LogP contribution in [-0.2, 0) is 4.74 Å². The van der Waals surface area contributed by atoms with E-state index in [4.69, 9.17) is 4.74 Å². The van der Waals surface area contributed by atoms with E-state index < -0.39 is 0 Å². The molecule has 0 amide bonds. The van der Waals surface area contributed by atoms with Crippen molar-refractivity contribution in [3.8, 4) is 0 Å². The maximum absolute atomic E-state index is 5.66. The molecule has 12 heavy (non-hydrogen) atoms. The van der Waals surface area contributed by atoms with E-state index in [-0.39, 0.29) is 0 Å². The fourth-order valence-corrected chi connectivity index (χ4v) is 2.23. The predicted octanol–water partition coefficient (Wildman–Crippen LogP) is 3.22. The minimum Gasteiger partial charge on any atom is -0.381 e. The van der Waals surface area contributed by atoms with Crippen molar-refractivity contribution in [2.24, 2.45) is 11.3 Å². The van der Waals surface area contributed by atoms with Crippen LogP contribution in [0.5, 0.6) is 0 Å². The van der Waals surface area contributed by atoms with Crippen LogP contribution < -0.4 is 0 Å². The fraction of sp³-hybridized carbons (Fsp3) is 1.00. The first kappa shape index (κ1) is 10.5. The molecule has 1 saturated carbocycles. The third kappa shape index (κ3) is 2.74. The van der Waals surface area contributed by atoms with Crippen LogP contribution in [0, 0.1) is 11.3 Å². The Morgan fingerprint density at radius 2 is 2.08 bits per heavy atom. The topological polar surface area (TPSA) is 9.23 Å². The van der Waals surface area contributed by atoms with Gasteiger partial charge in [0.1, 0.15) is 0 Å². The molecule has 0 saturated heterocycles. The highest BCUT2D eigenvalue weighted by Crippen LogP contribution is 2.42. The SMILES string of the molecule is CC(C)COCC1(CBr)CCC1. The summed E-state index contributed by atoms with van der Waals surface area (Å²) in [6.45, 7) is 6.26. The van der Waals surface area contributed by atoms with Crippen LogP contribution in [0.4, 0.5) is 0 Å². The lowest BCUT2D eigenvalue weighted by Gasteiger charge is -2.40. The average Bonchev–Trinajstić information content (AvgIpc) is 1.94. The summed E-state index contributed by atoms with van der Waals surface area (Å²) in [5.41, 5.74) is 0.495. The van der Waals surface area contributed by atoms with Crippen LogP contribution in [0.25, 0.3) is 0 Å². The van der Waals surface area contributed by atoms with Crippen molar-refractivity contribution in [3.63, 3.8) is 0 Å². The number of hydrogen-bond donors (Lipinski definition) is 0. The van der Waals surface area contributed by atoms with Gasteiger partial charge >= 0.3 is 0 Å². The van der Waals surface area contributed by atoms with Gasteiger partial charge < -0.3 is 4.74 Å². The molecule has 0 bridgehead atoms. The molecule has 1 nitrogen and oxygen atoms in total. The molecule has 1 aliphatic rings. The van der Waals surface area contributed by atoms with Gasteiger partial charge in [-0.05, 0) is 18.8 Å². The highest BCUT2D eigenvalue weighted by Gasteiger charge is 2.35. The second-order valence-corrected chi connectivity index (χ2v) is 4.96. The van der Waals surface area contributed by atoms with Crippen LogP contribution >= 0.6 is 15.9 Å². The van der Waals surface area contributed by atoms with Gasteiger partial charge in [-0.3, -0.25) is 0 Å². The highest BCUT2D eigenvalue weighted by atomic mass is 79.9. The van der Waals surface area contributed by atoms with E-state index in [0.717, 1.165) is 18.5 Å². The molecule has 2 heteroatoms. The normalized spacial score (nSPS) is 21.0. The summed E-state index contributed by atoms with van der Waals surface area (Å²) >= 11 is 3.57. The van der Waals surface area contributed by atoms with Gasteiger partial charge in [0.05, 0.1) is 6.61 Å². The Hall–Kier alpha value is 0.440. The minimum absolute atomic E-state index is 0.495. The molecule has 1 fully saturated rings. The number of hydrogen-bond acceptors (Lipinski definition) is 1. The van der Waals surface area contributed by atoms with Crippen molar-refractivity contribution in [1.29, 1.82) is 0 Å². The molecule has 0 aliphatic heterocycles. The van der Waals surface area contributed by atoms with Gasteiger partial charge in [0, 0.05) is 17.4 Å². The van der Waals surface area contributed by atoms with E-state index in [1.54, 1.807) is 0 Å². The van der Waals surface area contributed by atoms with Crippen molar-refractivity contribution in [3.05, 3.63) is 0 Å². The molecule has 0 unspecified atom stereocenters. The van der Waals surface area contributed by atoms with Gasteiger partial charge in [0.15, 0.2) is 0 Å². The van der Waals surface area contributed by atoms with E-state index in [1.165, 1.54) is 19.3 Å². The van der Waals surface area contributed by atoms with Crippen LogP contribution in [0.1, 0.15) is 33.1 Å². The van der Waals surface area contributed by atoms with Gasteiger partial charge in [-0.15, -0.1) is 0 Å². The first-order chi connectivity index (χ1) is 5.68. The standard InChI is InChI=1S/C10H19BrO/c1-9(2)6-12-8-10(7-11)4-3-5-10/h9H,3-8H2,1-2H3. The van der Waals surface area contributed by atoms with E-state index in [9.17, 15) is 0 Å². The fourth-order valence-electron chi connectivity index (χ4n) is 1.50. The molecule has 72 valence electrons. The molecule has 0 aromatic carbocycles. The molecule has 0 atom stereocenters. The Kier molecular flexibility index (Phi) is 4.04. The summed E-state index contributed by atoms with van der Waals surface area (Å²) < 4.78 is 5.66. The quantitative estimate of drug-likeness (QED) is 0.665. The van der Waals surface area contributed by atoms with Crippen molar-refractivity contribution < 1.29 is 4.74 Å². The maximum atomic E-state index is 5.66. The van der Waals surface area contributed by atoms with E-state index in [0.29, 0.717) is 11.3 Å². The first-order valence-corrected chi connectivity index (χ1v) is 5.94. The van der Waals surface area contributed by atoms with Crippen molar-refractivity contribution in [1.82, 2.24) is 0 Å². The Morgan fingerprint density at radius 3 is 2.42 bits per heavy atom. The molecule has 0 heterocycles. The van der Waals surface area contributed by atoms with Gasteiger partial charge in [0.2, 0.25) is 0 Å². The third-order valence-electron chi connectivity index (χ3n) is 2.56.